The summed E-state index contributed by atoms with van der Waals surface area (Å²) in [6.45, 7) is 10.3. The Kier molecular flexibility index (Phi) is 6.57. The van der Waals surface area contributed by atoms with E-state index in [9.17, 15) is 0 Å². The number of ether oxygens (including phenoxy) is 1. The fraction of sp³-hybridized carbons (Fsp3) is 1.00. The molecule has 0 radical (unpaired) electrons. The zero-order chi connectivity index (χ0) is 8.69. The predicted molar refractivity (Wildman–Crippen MR) is 48.8 cm³/mol. The van der Waals surface area contributed by atoms with Crippen molar-refractivity contribution >= 4 is 0 Å². The molecular weight excluding hydrogens is 138 g/mol. The molecule has 2 nitrogen and oxygen atoms in total. The molecule has 0 aromatic heterocycles. The highest BCUT2D eigenvalue weighted by Crippen LogP contribution is 2.01. The Bertz CT molecular complexity index is 75.6. The van der Waals surface area contributed by atoms with E-state index in [0.717, 1.165) is 19.6 Å². The van der Waals surface area contributed by atoms with Crippen LogP contribution in [0.4, 0.5) is 0 Å². The second-order valence-corrected chi connectivity index (χ2v) is 2.96. The molecule has 0 amide bonds. The van der Waals surface area contributed by atoms with Gasteiger partial charge in [0.2, 0.25) is 0 Å². The standard InChI is InChI=1S/C9H21NO/c1-5-10-8(3)7-9(4)11-6-2/h8-10H,5-7H2,1-4H3. The van der Waals surface area contributed by atoms with Crippen molar-refractivity contribution in [1.82, 2.24) is 5.32 Å². The van der Waals surface area contributed by atoms with Gasteiger partial charge in [-0.25, -0.2) is 0 Å². The van der Waals surface area contributed by atoms with Crippen molar-refractivity contribution in [3.63, 3.8) is 0 Å². The van der Waals surface area contributed by atoms with Crippen molar-refractivity contribution < 1.29 is 4.74 Å². The van der Waals surface area contributed by atoms with Gasteiger partial charge in [-0.15, -0.1) is 0 Å². The van der Waals surface area contributed by atoms with Crippen molar-refractivity contribution in [2.45, 2.75) is 46.3 Å². The molecule has 0 aliphatic heterocycles. The average Bonchev–Trinajstić information content (AvgIpc) is 1.87. The Labute approximate surface area is 70.3 Å². The molecule has 1 N–H and O–H groups in total. The summed E-state index contributed by atoms with van der Waals surface area (Å²) in [4.78, 5) is 0. The van der Waals surface area contributed by atoms with E-state index in [-0.39, 0.29) is 0 Å². The molecule has 0 heterocycles. The largest absolute Gasteiger partial charge is 0.379 e. The SMILES string of the molecule is CCNC(C)CC(C)OCC. The molecule has 2 unspecified atom stereocenters. The van der Waals surface area contributed by atoms with Gasteiger partial charge in [0, 0.05) is 12.6 Å². The summed E-state index contributed by atoms with van der Waals surface area (Å²) in [5.41, 5.74) is 0. The Hall–Kier alpha value is -0.0800. The van der Waals surface area contributed by atoms with Crippen LogP contribution in [-0.4, -0.2) is 25.3 Å². The van der Waals surface area contributed by atoms with Crippen LogP contribution >= 0.6 is 0 Å². The first-order valence-electron chi connectivity index (χ1n) is 4.55. The second kappa shape index (κ2) is 6.62. The zero-order valence-electron chi connectivity index (χ0n) is 8.18. The molecule has 11 heavy (non-hydrogen) atoms. The molecule has 0 bridgehead atoms. The second-order valence-electron chi connectivity index (χ2n) is 2.96. The van der Waals surface area contributed by atoms with Gasteiger partial charge >= 0.3 is 0 Å². The molecule has 0 spiro atoms. The minimum absolute atomic E-state index is 0.383. The summed E-state index contributed by atoms with van der Waals surface area (Å²) in [6, 6.07) is 0.571. The molecule has 0 aromatic carbocycles. The van der Waals surface area contributed by atoms with Gasteiger partial charge in [-0.2, -0.15) is 0 Å². The lowest BCUT2D eigenvalue weighted by atomic mass is 10.1. The minimum atomic E-state index is 0.383. The molecular formula is C9H21NO. The van der Waals surface area contributed by atoms with Crippen LogP contribution < -0.4 is 5.32 Å². The van der Waals surface area contributed by atoms with E-state index >= 15 is 0 Å². The van der Waals surface area contributed by atoms with Crippen LogP contribution in [0.2, 0.25) is 0 Å². The van der Waals surface area contributed by atoms with Crippen molar-refractivity contribution in [2.24, 2.45) is 0 Å². The van der Waals surface area contributed by atoms with E-state index < -0.39 is 0 Å². The van der Waals surface area contributed by atoms with E-state index in [1.54, 1.807) is 0 Å². The lowest BCUT2D eigenvalue weighted by molar-refractivity contribution is 0.0640. The molecule has 2 atom stereocenters. The van der Waals surface area contributed by atoms with Crippen molar-refractivity contribution in [2.75, 3.05) is 13.2 Å². The third kappa shape index (κ3) is 6.32. The van der Waals surface area contributed by atoms with Crippen molar-refractivity contribution in [3.8, 4) is 0 Å². The van der Waals surface area contributed by atoms with Crippen molar-refractivity contribution in [1.29, 1.82) is 0 Å². The maximum Gasteiger partial charge on any atom is 0.0561 e. The minimum Gasteiger partial charge on any atom is -0.379 e. The van der Waals surface area contributed by atoms with Gasteiger partial charge in [0.25, 0.3) is 0 Å². The van der Waals surface area contributed by atoms with Crippen LogP contribution in [0, 0.1) is 0 Å². The molecule has 0 saturated heterocycles. The van der Waals surface area contributed by atoms with Crippen LogP contribution in [0.1, 0.15) is 34.1 Å². The molecule has 0 fully saturated rings. The third-order valence-corrected chi connectivity index (χ3v) is 1.69. The first-order valence-corrected chi connectivity index (χ1v) is 4.55. The first-order chi connectivity index (χ1) is 5.20. The summed E-state index contributed by atoms with van der Waals surface area (Å²) in [7, 11) is 0. The Morgan fingerprint density at radius 1 is 1.27 bits per heavy atom. The number of rotatable bonds is 6. The van der Waals surface area contributed by atoms with Gasteiger partial charge < -0.3 is 10.1 Å². The summed E-state index contributed by atoms with van der Waals surface area (Å²) in [5.74, 6) is 0. The van der Waals surface area contributed by atoms with E-state index in [1.165, 1.54) is 0 Å². The molecule has 0 saturated carbocycles. The lowest BCUT2D eigenvalue weighted by Crippen LogP contribution is -2.29. The fourth-order valence-corrected chi connectivity index (χ4v) is 1.28. The van der Waals surface area contributed by atoms with E-state index in [1.807, 2.05) is 6.92 Å². The number of hydrogen-bond donors (Lipinski definition) is 1. The topological polar surface area (TPSA) is 21.3 Å². The van der Waals surface area contributed by atoms with Gasteiger partial charge in [-0.3, -0.25) is 0 Å². The molecule has 0 aliphatic rings. The van der Waals surface area contributed by atoms with Gasteiger partial charge in [0.1, 0.15) is 0 Å². The third-order valence-electron chi connectivity index (χ3n) is 1.69. The van der Waals surface area contributed by atoms with Gasteiger partial charge in [-0.1, -0.05) is 6.92 Å². The van der Waals surface area contributed by atoms with Crippen LogP contribution in [0.3, 0.4) is 0 Å². The summed E-state index contributed by atoms with van der Waals surface area (Å²) in [5, 5.41) is 3.35. The number of hydrogen-bond acceptors (Lipinski definition) is 2. The highest BCUT2D eigenvalue weighted by atomic mass is 16.5. The molecule has 68 valence electrons. The zero-order valence-corrected chi connectivity index (χ0v) is 8.18. The van der Waals surface area contributed by atoms with Crippen LogP contribution in [-0.2, 0) is 4.74 Å². The molecule has 2 heteroatoms. The van der Waals surface area contributed by atoms with Crippen molar-refractivity contribution in [3.05, 3.63) is 0 Å². The van der Waals surface area contributed by atoms with Crippen LogP contribution in [0.5, 0.6) is 0 Å². The van der Waals surface area contributed by atoms with Gasteiger partial charge in [0.15, 0.2) is 0 Å². The lowest BCUT2D eigenvalue weighted by Gasteiger charge is -2.17. The van der Waals surface area contributed by atoms with Gasteiger partial charge in [-0.05, 0) is 33.7 Å². The maximum absolute atomic E-state index is 5.42. The summed E-state index contributed by atoms with van der Waals surface area (Å²) < 4.78 is 5.42. The van der Waals surface area contributed by atoms with E-state index in [2.05, 4.69) is 26.1 Å². The summed E-state index contributed by atoms with van der Waals surface area (Å²) in [6.07, 6.45) is 1.48. The fourth-order valence-electron chi connectivity index (χ4n) is 1.28. The highest BCUT2D eigenvalue weighted by molar-refractivity contribution is 4.63. The number of nitrogens with one attached hydrogen (secondary N) is 1. The Morgan fingerprint density at radius 3 is 2.36 bits per heavy atom. The Balaban J connectivity index is 3.32. The molecule has 0 rings (SSSR count). The highest BCUT2D eigenvalue weighted by Gasteiger charge is 2.06. The van der Waals surface area contributed by atoms with Gasteiger partial charge in [0.05, 0.1) is 6.10 Å². The monoisotopic (exact) mass is 159 g/mol. The quantitative estimate of drug-likeness (QED) is 0.638. The normalized spacial score (nSPS) is 16.4. The van der Waals surface area contributed by atoms with Crippen LogP contribution in [0.25, 0.3) is 0 Å². The predicted octanol–water partition coefficient (Wildman–Crippen LogP) is 1.80. The maximum atomic E-state index is 5.42. The molecule has 0 aromatic rings. The first kappa shape index (κ1) is 10.9. The smallest absolute Gasteiger partial charge is 0.0561 e. The van der Waals surface area contributed by atoms with E-state index in [4.69, 9.17) is 4.74 Å². The average molecular weight is 159 g/mol. The molecule has 0 aliphatic carbocycles. The van der Waals surface area contributed by atoms with E-state index in [0.29, 0.717) is 12.1 Å². The van der Waals surface area contributed by atoms with Crippen LogP contribution in [0.15, 0.2) is 0 Å². The Morgan fingerprint density at radius 2 is 1.91 bits per heavy atom. The summed E-state index contributed by atoms with van der Waals surface area (Å²) >= 11 is 0.